The number of fused-ring (bicyclic) bond motifs is 9. The molecule has 5 heterocycles. The summed E-state index contributed by atoms with van der Waals surface area (Å²) in [5, 5.41) is 7.38. The third kappa shape index (κ3) is 4.70. The highest BCUT2D eigenvalue weighted by atomic mass is 15.4. The number of hydrogen-bond donors (Lipinski definition) is 0. The van der Waals surface area contributed by atoms with Crippen molar-refractivity contribution in [1.82, 2.24) is 23.6 Å². The SMILES string of the molecule is CN1CN(c2ccc3c4ccccc4n(-c4cc(-n5c6ccccc6c6cccnc65)cc(C(C)(C)C)c4)c3c2)C=C1n1c2ccccc2c2ccccc21. The molecule has 0 radical (unpaired) electrons. The van der Waals surface area contributed by atoms with Crippen molar-refractivity contribution >= 4 is 77.1 Å². The van der Waals surface area contributed by atoms with Gasteiger partial charge in [-0.1, -0.05) is 99.6 Å². The van der Waals surface area contributed by atoms with Gasteiger partial charge < -0.3 is 14.4 Å². The molecule has 0 spiro atoms. The van der Waals surface area contributed by atoms with E-state index in [1.165, 1.54) is 54.6 Å². The number of anilines is 1. The van der Waals surface area contributed by atoms with Crippen LogP contribution in [-0.2, 0) is 5.41 Å². The topological polar surface area (TPSA) is 34.2 Å². The predicted octanol–water partition coefficient (Wildman–Crippen LogP) is 11.8. The zero-order valence-corrected chi connectivity index (χ0v) is 31.4. The molecule has 1 aliphatic heterocycles. The minimum Gasteiger partial charge on any atom is -0.341 e. The Hall–Kier alpha value is -6.79. The highest BCUT2D eigenvalue weighted by molar-refractivity contribution is 6.12. The van der Waals surface area contributed by atoms with Crippen LogP contribution in [0.1, 0.15) is 26.3 Å². The molecule has 6 nitrogen and oxygen atoms in total. The summed E-state index contributed by atoms with van der Waals surface area (Å²) in [5.74, 6) is 1.15. The van der Waals surface area contributed by atoms with Gasteiger partial charge in [0.1, 0.15) is 11.5 Å². The summed E-state index contributed by atoms with van der Waals surface area (Å²) in [6.45, 7) is 7.64. The van der Waals surface area contributed by atoms with E-state index in [1.807, 2.05) is 12.3 Å². The summed E-state index contributed by atoms with van der Waals surface area (Å²) in [5.41, 5.74) is 11.5. The van der Waals surface area contributed by atoms with E-state index >= 15 is 0 Å². The Kier molecular flexibility index (Phi) is 6.69. The number of rotatable bonds is 4. The Balaban J connectivity index is 1.12. The van der Waals surface area contributed by atoms with Crippen LogP contribution in [0.2, 0.25) is 0 Å². The quantitative estimate of drug-likeness (QED) is 0.182. The molecule has 0 amide bonds. The maximum Gasteiger partial charge on any atom is 0.145 e. The molecule has 6 heteroatoms. The number of pyridine rings is 1. The fourth-order valence-electron chi connectivity index (χ4n) is 8.89. The van der Waals surface area contributed by atoms with Crippen molar-refractivity contribution in [1.29, 1.82) is 0 Å². The second-order valence-electron chi connectivity index (χ2n) is 15.9. The molecule has 6 aromatic carbocycles. The van der Waals surface area contributed by atoms with E-state index in [4.69, 9.17) is 4.98 Å². The number of benzene rings is 6. The minimum absolute atomic E-state index is 0.0883. The molecular formula is C49H40N6. The van der Waals surface area contributed by atoms with Gasteiger partial charge in [0.05, 0.1) is 39.9 Å². The molecule has 4 aromatic heterocycles. The van der Waals surface area contributed by atoms with E-state index in [1.54, 1.807) is 0 Å². The Morgan fingerprint density at radius 1 is 0.473 bits per heavy atom. The standard InChI is InChI=1S/C49H40N6/c1-49(2,3)32-26-34(28-35(27-32)54-43-20-10-8-17-39(43)41-18-13-25-50-48(41)54)53-42-19-9-5-16-38(42)40-24-23-33(29-46(40)53)52-30-47(51(4)31-52)55-44-21-11-6-14-36(44)37-15-7-12-22-45(37)55/h5-30H,31H2,1-4H3. The third-order valence-electron chi connectivity index (χ3n) is 11.5. The van der Waals surface area contributed by atoms with Crippen LogP contribution in [0.5, 0.6) is 0 Å². The van der Waals surface area contributed by atoms with Crippen LogP contribution in [0, 0.1) is 0 Å². The smallest absolute Gasteiger partial charge is 0.145 e. The van der Waals surface area contributed by atoms with Crippen LogP contribution < -0.4 is 4.90 Å². The molecule has 0 bridgehead atoms. The molecule has 0 saturated heterocycles. The van der Waals surface area contributed by atoms with Gasteiger partial charge in [-0.15, -0.1) is 0 Å². The molecule has 266 valence electrons. The van der Waals surface area contributed by atoms with Crippen LogP contribution in [0.4, 0.5) is 5.69 Å². The minimum atomic E-state index is -0.0883. The Morgan fingerprint density at radius 2 is 0.982 bits per heavy atom. The van der Waals surface area contributed by atoms with Gasteiger partial charge in [0.25, 0.3) is 0 Å². The number of nitrogens with zero attached hydrogens (tertiary/aromatic N) is 6. The van der Waals surface area contributed by atoms with E-state index < -0.39 is 0 Å². The molecule has 0 unspecified atom stereocenters. The van der Waals surface area contributed by atoms with Crippen molar-refractivity contribution in [2.75, 3.05) is 18.6 Å². The van der Waals surface area contributed by atoms with Crippen molar-refractivity contribution in [3.05, 3.63) is 164 Å². The summed E-state index contributed by atoms with van der Waals surface area (Å²) in [4.78, 5) is 9.66. The van der Waals surface area contributed by atoms with Gasteiger partial charge in [-0.3, -0.25) is 9.13 Å². The Morgan fingerprint density at radius 3 is 1.60 bits per heavy atom. The second kappa shape index (κ2) is 11.6. The van der Waals surface area contributed by atoms with E-state index in [2.05, 4.69) is 197 Å². The lowest BCUT2D eigenvalue weighted by molar-refractivity contribution is 0.498. The van der Waals surface area contributed by atoms with Gasteiger partial charge in [0.2, 0.25) is 0 Å². The van der Waals surface area contributed by atoms with Gasteiger partial charge in [0, 0.05) is 63.1 Å². The van der Waals surface area contributed by atoms with E-state index in [0.717, 1.165) is 46.1 Å². The van der Waals surface area contributed by atoms with E-state index in [-0.39, 0.29) is 5.41 Å². The molecular weight excluding hydrogens is 673 g/mol. The summed E-state index contributed by atoms with van der Waals surface area (Å²) < 4.78 is 7.21. The number of hydrogen-bond acceptors (Lipinski definition) is 3. The monoisotopic (exact) mass is 712 g/mol. The highest BCUT2D eigenvalue weighted by Crippen LogP contribution is 2.40. The molecule has 55 heavy (non-hydrogen) atoms. The first-order chi connectivity index (χ1) is 26.8. The van der Waals surface area contributed by atoms with Gasteiger partial charge in [0.15, 0.2) is 0 Å². The van der Waals surface area contributed by atoms with Gasteiger partial charge >= 0.3 is 0 Å². The average Bonchev–Trinajstić information content (AvgIpc) is 3.95. The van der Waals surface area contributed by atoms with Crippen LogP contribution in [0.15, 0.2) is 158 Å². The van der Waals surface area contributed by atoms with Crippen molar-refractivity contribution < 1.29 is 0 Å². The van der Waals surface area contributed by atoms with Crippen LogP contribution >= 0.6 is 0 Å². The number of para-hydroxylation sites is 4. The largest absolute Gasteiger partial charge is 0.341 e. The predicted molar refractivity (Wildman–Crippen MR) is 230 cm³/mol. The zero-order chi connectivity index (χ0) is 37.0. The highest BCUT2D eigenvalue weighted by Gasteiger charge is 2.26. The lowest BCUT2D eigenvalue weighted by atomic mass is 9.86. The van der Waals surface area contributed by atoms with Gasteiger partial charge in [-0.2, -0.15) is 0 Å². The molecule has 0 aliphatic carbocycles. The lowest BCUT2D eigenvalue weighted by Crippen LogP contribution is -2.24. The first kappa shape index (κ1) is 31.7. The summed E-state index contributed by atoms with van der Waals surface area (Å²) >= 11 is 0. The first-order valence-corrected chi connectivity index (χ1v) is 19.1. The third-order valence-corrected chi connectivity index (χ3v) is 11.5. The maximum absolute atomic E-state index is 4.94. The number of aromatic nitrogens is 4. The molecule has 10 aromatic rings. The summed E-state index contributed by atoms with van der Waals surface area (Å²) in [6.07, 6.45) is 4.21. The van der Waals surface area contributed by atoms with Crippen molar-refractivity contribution in [3.8, 4) is 11.4 Å². The molecule has 0 N–H and O–H groups in total. The van der Waals surface area contributed by atoms with Crippen LogP contribution in [0.25, 0.3) is 82.7 Å². The molecule has 0 saturated carbocycles. The van der Waals surface area contributed by atoms with Crippen molar-refractivity contribution in [2.45, 2.75) is 26.2 Å². The Labute approximate surface area is 319 Å². The summed E-state index contributed by atoms with van der Waals surface area (Å²) in [7, 11) is 2.19. The lowest BCUT2D eigenvalue weighted by Gasteiger charge is -2.23. The van der Waals surface area contributed by atoms with Gasteiger partial charge in [-0.05, 0) is 77.7 Å². The zero-order valence-electron chi connectivity index (χ0n) is 31.4. The molecule has 0 atom stereocenters. The van der Waals surface area contributed by atoms with E-state index in [0.29, 0.717) is 0 Å². The summed E-state index contributed by atoms with van der Waals surface area (Å²) in [6, 6.07) is 53.2. The second-order valence-corrected chi connectivity index (χ2v) is 15.9. The van der Waals surface area contributed by atoms with Crippen molar-refractivity contribution in [3.63, 3.8) is 0 Å². The van der Waals surface area contributed by atoms with Crippen LogP contribution in [-0.4, -0.2) is 37.3 Å². The first-order valence-electron chi connectivity index (χ1n) is 19.1. The molecule has 0 fully saturated rings. The fourth-order valence-corrected chi connectivity index (χ4v) is 8.89. The fraction of sp³-hybridized carbons (Fsp3) is 0.122. The molecule has 1 aliphatic rings. The maximum atomic E-state index is 4.94. The Bertz CT molecular complexity index is 3100. The average molecular weight is 713 g/mol. The normalized spacial score (nSPS) is 13.8. The van der Waals surface area contributed by atoms with E-state index in [9.17, 15) is 0 Å². The van der Waals surface area contributed by atoms with Gasteiger partial charge in [-0.25, -0.2) is 4.98 Å². The van der Waals surface area contributed by atoms with Crippen LogP contribution in [0.3, 0.4) is 0 Å². The van der Waals surface area contributed by atoms with Crippen molar-refractivity contribution in [2.24, 2.45) is 0 Å². The molecule has 11 rings (SSSR count).